The van der Waals surface area contributed by atoms with Gasteiger partial charge in [-0.25, -0.2) is 4.79 Å². The lowest BCUT2D eigenvalue weighted by molar-refractivity contribution is -0.139. The molecule has 0 aliphatic carbocycles. The number of hydrogen-bond donors (Lipinski definition) is 1. The fourth-order valence-electron chi connectivity index (χ4n) is 0.739. The first-order valence-corrected chi connectivity index (χ1v) is 3.92. The summed E-state index contributed by atoms with van der Waals surface area (Å²) in [5.41, 5.74) is 2.49. The molecule has 0 aromatic carbocycles. The zero-order valence-corrected chi connectivity index (χ0v) is 7.46. The van der Waals surface area contributed by atoms with E-state index < -0.39 is 12.1 Å². The van der Waals surface area contributed by atoms with Gasteiger partial charge in [-0.15, -0.1) is 5.73 Å². The van der Waals surface area contributed by atoms with Crippen LogP contribution in [0.25, 0.3) is 0 Å². The Bertz CT molecular complexity index is 202. The summed E-state index contributed by atoms with van der Waals surface area (Å²) in [6.45, 7) is 7.07. The third-order valence-corrected chi connectivity index (χ3v) is 1.41. The van der Waals surface area contributed by atoms with E-state index in [9.17, 15) is 9.90 Å². The Balaban J connectivity index is 4.37. The number of hydrogen-bond acceptors (Lipinski definition) is 3. The molecule has 0 aliphatic heterocycles. The molecule has 0 saturated heterocycles. The molecule has 0 heterocycles. The predicted molar refractivity (Wildman–Crippen MR) is 45.6 cm³/mol. The lowest BCUT2D eigenvalue weighted by atomic mass is 10.1. The van der Waals surface area contributed by atoms with Crippen LogP contribution in [-0.4, -0.2) is 23.8 Å². The van der Waals surface area contributed by atoms with Gasteiger partial charge in [0.15, 0.2) is 0 Å². The van der Waals surface area contributed by atoms with Crippen molar-refractivity contribution in [3.63, 3.8) is 0 Å². The van der Waals surface area contributed by atoms with Crippen LogP contribution in [0.5, 0.6) is 0 Å². The minimum absolute atomic E-state index is 0.111. The van der Waals surface area contributed by atoms with Crippen molar-refractivity contribution in [3.8, 4) is 0 Å². The highest BCUT2D eigenvalue weighted by atomic mass is 16.5. The Morgan fingerprint density at radius 2 is 2.25 bits per heavy atom. The van der Waals surface area contributed by atoms with Crippen molar-refractivity contribution in [2.24, 2.45) is 0 Å². The van der Waals surface area contributed by atoms with E-state index in [4.69, 9.17) is 0 Å². The summed E-state index contributed by atoms with van der Waals surface area (Å²) in [5.74, 6) is -0.540. The maximum absolute atomic E-state index is 11.1. The molecule has 3 heteroatoms. The summed E-state index contributed by atoms with van der Waals surface area (Å²) < 4.78 is 4.68. The normalized spacial score (nSPS) is 11.6. The highest BCUT2D eigenvalue weighted by Crippen LogP contribution is 2.06. The molecule has 3 nitrogen and oxygen atoms in total. The molecule has 1 unspecified atom stereocenters. The van der Waals surface area contributed by atoms with E-state index in [0.717, 1.165) is 0 Å². The van der Waals surface area contributed by atoms with Gasteiger partial charge >= 0.3 is 5.97 Å². The zero-order valence-electron chi connectivity index (χ0n) is 7.46. The Hall–Kier alpha value is -1.05. The molecule has 0 spiro atoms. The molecule has 0 aliphatic rings. The van der Waals surface area contributed by atoms with Crippen molar-refractivity contribution in [2.45, 2.75) is 26.4 Å². The van der Waals surface area contributed by atoms with Gasteiger partial charge in [0.2, 0.25) is 0 Å². The van der Waals surface area contributed by atoms with Gasteiger partial charge in [-0.3, -0.25) is 0 Å². The van der Waals surface area contributed by atoms with Crippen LogP contribution in [-0.2, 0) is 9.53 Å². The topological polar surface area (TPSA) is 46.5 Å². The van der Waals surface area contributed by atoms with Crippen LogP contribution < -0.4 is 0 Å². The van der Waals surface area contributed by atoms with Gasteiger partial charge in [0, 0.05) is 0 Å². The number of carbonyl (C=O) groups is 1. The second kappa shape index (κ2) is 5.58. The highest BCUT2D eigenvalue weighted by Gasteiger charge is 2.17. The standard InChI is InChI=1S/C9H14O3/c1-4-7(8(10)5-2)9(11)12-6-3/h8,10H,1,5-6H2,2-3H3. The monoisotopic (exact) mass is 170 g/mol. The van der Waals surface area contributed by atoms with Crippen LogP contribution in [0.1, 0.15) is 20.3 Å². The van der Waals surface area contributed by atoms with E-state index in [2.05, 4.69) is 17.0 Å². The molecule has 0 amide bonds. The maximum atomic E-state index is 11.1. The number of ether oxygens (including phenoxy) is 1. The van der Waals surface area contributed by atoms with E-state index in [0.29, 0.717) is 13.0 Å². The van der Waals surface area contributed by atoms with Crippen LogP contribution in [0.4, 0.5) is 0 Å². The smallest absolute Gasteiger partial charge is 0.344 e. The van der Waals surface area contributed by atoms with Crippen molar-refractivity contribution in [1.29, 1.82) is 0 Å². The Morgan fingerprint density at radius 3 is 2.58 bits per heavy atom. The fourth-order valence-corrected chi connectivity index (χ4v) is 0.739. The molecular weight excluding hydrogens is 156 g/mol. The summed E-state index contributed by atoms with van der Waals surface area (Å²) in [4.78, 5) is 11.1. The fraction of sp³-hybridized carbons (Fsp3) is 0.556. The largest absolute Gasteiger partial charge is 0.462 e. The van der Waals surface area contributed by atoms with Crippen molar-refractivity contribution in [2.75, 3.05) is 6.61 Å². The maximum Gasteiger partial charge on any atom is 0.344 e. The average Bonchev–Trinajstić information content (AvgIpc) is 2.06. The van der Waals surface area contributed by atoms with E-state index in [1.807, 2.05) is 0 Å². The van der Waals surface area contributed by atoms with Gasteiger partial charge in [-0.1, -0.05) is 13.5 Å². The quantitative estimate of drug-likeness (QED) is 0.389. The number of aliphatic hydroxyl groups is 1. The lowest BCUT2D eigenvalue weighted by Crippen LogP contribution is -2.18. The van der Waals surface area contributed by atoms with Gasteiger partial charge in [0.05, 0.1) is 12.7 Å². The second-order valence-electron chi connectivity index (χ2n) is 2.23. The summed E-state index contributed by atoms with van der Waals surface area (Å²) in [7, 11) is 0. The first kappa shape index (κ1) is 11.0. The molecule has 12 heavy (non-hydrogen) atoms. The van der Waals surface area contributed by atoms with Gasteiger partial charge in [0.1, 0.15) is 5.57 Å². The van der Waals surface area contributed by atoms with E-state index >= 15 is 0 Å². The van der Waals surface area contributed by atoms with Gasteiger partial charge < -0.3 is 9.84 Å². The van der Waals surface area contributed by atoms with Crippen molar-refractivity contribution in [1.82, 2.24) is 0 Å². The Kier molecular flexibility index (Phi) is 5.09. The second-order valence-corrected chi connectivity index (χ2v) is 2.23. The molecule has 0 aromatic heterocycles. The summed E-state index contributed by atoms with van der Waals surface area (Å²) in [6.07, 6.45) is -0.363. The van der Waals surface area contributed by atoms with Crippen LogP contribution >= 0.6 is 0 Å². The molecule has 0 radical (unpaired) electrons. The van der Waals surface area contributed by atoms with Crippen LogP contribution in [0.15, 0.2) is 17.9 Å². The Labute approximate surface area is 72.3 Å². The molecule has 0 bridgehead atoms. The third-order valence-electron chi connectivity index (χ3n) is 1.41. The predicted octanol–water partition coefficient (Wildman–Crippen LogP) is 1.03. The highest BCUT2D eigenvalue weighted by molar-refractivity contribution is 5.89. The van der Waals surface area contributed by atoms with Crippen LogP contribution in [0, 0.1) is 0 Å². The molecular formula is C9H14O3. The molecule has 0 fully saturated rings. The SMILES string of the molecule is C=C=C(C(=O)OCC)C(O)CC. The molecule has 1 atom stereocenters. The minimum Gasteiger partial charge on any atom is -0.462 e. The number of rotatable bonds is 4. The summed E-state index contributed by atoms with van der Waals surface area (Å²) in [6, 6.07) is 0. The van der Waals surface area contributed by atoms with E-state index in [1.165, 1.54) is 0 Å². The van der Waals surface area contributed by atoms with Gasteiger partial charge in [-0.2, -0.15) is 0 Å². The lowest BCUT2D eigenvalue weighted by Gasteiger charge is -2.08. The van der Waals surface area contributed by atoms with Crippen molar-refractivity contribution >= 4 is 5.97 Å². The molecule has 68 valence electrons. The molecule has 0 saturated carbocycles. The summed E-state index contributed by atoms with van der Waals surface area (Å²) >= 11 is 0. The minimum atomic E-state index is -0.818. The van der Waals surface area contributed by atoms with E-state index in [-0.39, 0.29) is 5.57 Å². The number of aliphatic hydroxyl groups excluding tert-OH is 1. The summed E-state index contributed by atoms with van der Waals surface area (Å²) in [5, 5.41) is 9.27. The van der Waals surface area contributed by atoms with Gasteiger partial charge in [-0.05, 0) is 13.3 Å². The first-order valence-electron chi connectivity index (χ1n) is 3.92. The van der Waals surface area contributed by atoms with E-state index in [1.54, 1.807) is 13.8 Å². The third kappa shape index (κ3) is 2.91. The Morgan fingerprint density at radius 1 is 1.67 bits per heavy atom. The van der Waals surface area contributed by atoms with Crippen LogP contribution in [0.3, 0.4) is 0 Å². The first-order chi connectivity index (χ1) is 5.67. The van der Waals surface area contributed by atoms with Crippen LogP contribution in [0.2, 0.25) is 0 Å². The number of carbonyl (C=O) groups excluding carboxylic acids is 1. The molecule has 0 rings (SSSR count). The van der Waals surface area contributed by atoms with Crippen molar-refractivity contribution in [3.05, 3.63) is 17.9 Å². The van der Waals surface area contributed by atoms with Crippen molar-refractivity contribution < 1.29 is 14.6 Å². The zero-order chi connectivity index (χ0) is 9.56. The number of esters is 1. The average molecular weight is 170 g/mol. The molecule has 0 aromatic rings. The molecule has 1 N–H and O–H groups in total. The van der Waals surface area contributed by atoms with Gasteiger partial charge in [0.25, 0.3) is 0 Å².